The SMILES string of the molecule is FC(F)(F)C(F)(F)C(F)(F)C(F)(F)C(F)(F)C(F)(F)C(F)(F)C(F)(F)[As]. The number of alkyl halides is 17. The van der Waals surface area contributed by atoms with Crippen molar-refractivity contribution in [3.05, 3.63) is 0 Å². The zero-order chi connectivity index (χ0) is 22.0. The van der Waals surface area contributed by atoms with E-state index in [9.17, 15) is 74.6 Å². The molecule has 0 aliphatic rings. The van der Waals surface area contributed by atoms with Crippen LogP contribution in [-0.2, 0) is 0 Å². The Labute approximate surface area is 139 Å². The molecule has 0 aliphatic carbocycles. The fourth-order valence-corrected chi connectivity index (χ4v) is 1.45. The van der Waals surface area contributed by atoms with Crippen molar-refractivity contribution in [2.75, 3.05) is 0 Å². The Morgan fingerprint density at radius 2 is 0.500 bits per heavy atom. The van der Waals surface area contributed by atoms with Gasteiger partial charge in [-0.05, 0) is 0 Å². The number of halogens is 17. The number of hydrogen-bond donors (Lipinski definition) is 0. The van der Waals surface area contributed by atoms with Crippen LogP contribution in [0.25, 0.3) is 0 Å². The van der Waals surface area contributed by atoms with E-state index in [0.29, 0.717) is 0 Å². The van der Waals surface area contributed by atoms with Crippen LogP contribution in [0.3, 0.4) is 0 Å². The molecule has 0 N–H and O–H groups in total. The van der Waals surface area contributed by atoms with Crippen LogP contribution in [0.4, 0.5) is 74.6 Å². The number of hydrogen-bond acceptors (Lipinski definition) is 0. The third-order valence-electron chi connectivity index (χ3n) is 2.71. The van der Waals surface area contributed by atoms with Gasteiger partial charge in [0.2, 0.25) is 0 Å². The van der Waals surface area contributed by atoms with Gasteiger partial charge in [0.05, 0.1) is 0 Å². The fourth-order valence-electron chi connectivity index (χ4n) is 1.16. The Morgan fingerprint density at radius 1 is 0.308 bits per heavy atom. The summed E-state index contributed by atoms with van der Waals surface area (Å²) in [5.74, 6) is -49.4. The van der Waals surface area contributed by atoms with Gasteiger partial charge in [-0.2, -0.15) is 0 Å². The van der Waals surface area contributed by atoms with Gasteiger partial charge in [-0.1, -0.05) is 0 Å². The normalized spacial score (nSPS) is 16.8. The molecule has 0 bridgehead atoms. The quantitative estimate of drug-likeness (QED) is 0.356. The van der Waals surface area contributed by atoms with E-state index < -0.39 is 63.3 Å². The van der Waals surface area contributed by atoms with Crippen molar-refractivity contribution < 1.29 is 74.6 Å². The van der Waals surface area contributed by atoms with E-state index in [-0.39, 0.29) is 0 Å². The van der Waals surface area contributed by atoms with Crippen molar-refractivity contribution in [3.63, 3.8) is 0 Å². The second kappa shape index (κ2) is 5.93. The first-order chi connectivity index (χ1) is 10.8. The molecule has 0 atom stereocenters. The fraction of sp³-hybridized carbons (Fsp3) is 1.00. The molecule has 0 amide bonds. The Bertz CT molecular complexity index is 474. The molecule has 0 nitrogen and oxygen atoms in total. The van der Waals surface area contributed by atoms with Crippen molar-refractivity contribution in [1.29, 1.82) is 0 Å². The Morgan fingerprint density at radius 3 is 0.692 bits per heavy atom. The van der Waals surface area contributed by atoms with Gasteiger partial charge in [0.15, 0.2) is 0 Å². The average Bonchev–Trinajstić information content (AvgIpc) is 2.34. The summed E-state index contributed by atoms with van der Waals surface area (Å²) in [6, 6.07) is 0. The molecule has 0 aromatic heterocycles. The Balaban J connectivity index is 6.61. The van der Waals surface area contributed by atoms with Crippen LogP contribution in [0.2, 0.25) is 0 Å². The molecule has 0 fully saturated rings. The summed E-state index contributed by atoms with van der Waals surface area (Å²) < 4.78 is 206. The van der Waals surface area contributed by atoms with Crippen molar-refractivity contribution >= 4 is 16.9 Å². The van der Waals surface area contributed by atoms with Gasteiger partial charge in [0.25, 0.3) is 0 Å². The molecule has 0 heterocycles. The molecule has 156 valence electrons. The number of rotatable bonds is 6. The topological polar surface area (TPSA) is 0 Å². The van der Waals surface area contributed by atoms with E-state index in [1.54, 1.807) is 0 Å². The summed E-state index contributed by atoms with van der Waals surface area (Å²) >= 11 is -0.715. The molecule has 0 aromatic carbocycles. The van der Waals surface area contributed by atoms with Gasteiger partial charge in [0.1, 0.15) is 0 Å². The van der Waals surface area contributed by atoms with Crippen LogP contribution in [-0.4, -0.2) is 63.3 Å². The minimum atomic E-state index is -8.57. The predicted octanol–water partition coefficient (Wildman–Crippen LogP) is 5.12. The molecule has 0 aromatic rings. The van der Waals surface area contributed by atoms with Crippen molar-refractivity contribution in [1.82, 2.24) is 0 Å². The summed E-state index contributed by atoms with van der Waals surface area (Å²) in [7, 11) is 0. The Hall–Kier alpha value is -0.632. The van der Waals surface area contributed by atoms with E-state index in [1.807, 2.05) is 0 Å². The summed E-state index contributed by atoms with van der Waals surface area (Å²) in [6.45, 7) is 0. The molecular weight excluding hydrogens is 494 g/mol. The third-order valence-corrected chi connectivity index (χ3v) is 3.29. The first-order valence-corrected chi connectivity index (χ1v) is 6.12. The molecule has 2 radical (unpaired) electrons. The van der Waals surface area contributed by atoms with Gasteiger partial charge in [-0.3, -0.25) is 0 Å². The summed E-state index contributed by atoms with van der Waals surface area (Å²) in [4.78, 5) is 0. The average molecular weight is 494 g/mol. The monoisotopic (exact) mass is 494 g/mol. The third kappa shape index (κ3) is 3.01. The van der Waals surface area contributed by atoms with Crippen LogP contribution in [0, 0.1) is 0 Å². The predicted molar refractivity (Wildman–Crippen MR) is 46.4 cm³/mol. The van der Waals surface area contributed by atoms with Crippen LogP contribution in [0.1, 0.15) is 0 Å². The zero-order valence-corrected chi connectivity index (χ0v) is 12.7. The molecule has 18 heteroatoms. The van der Waals surface area contributed by atoms with E-state index >= 15 is 0 Å². The van der Waals surface area contributed by atoms with Gasteiger partial charge >= 0.3 is 138 Å². The molecule has 0 rings (SSSR count). The molecule has 0 spiro atoms. The van der Waals surface area contributed by atoms with Gasteiger partial charge < -0.3 is 0 Å². The summed E-state index contributed by atoms with van der Waals surface area (Å²) in [5, 5.41) is 0. The molecule has 0 saturated heterocycles. The van der Waals surface area contributed by atoms with Crippen LogP contribution in [0.5, 0.6) is 0 Å². The Kier molecular flexibility index (Phi) is 5.79. The van der Waals surface area contributed by atoms with E-state index in [0.717, 1.165) is 0 Å². The van der Waals surface area contributed by atoms with E-state index in [2.05, 4.69) is 0 Å². The summed E-state index contributed by atoms with van der Waals surface area (Å²) in [5.41, 5.74) is 0. The van der Waals surface area contributed by atoms with Gasteiger partial charge in [-0.25, -0.2) is 0 Å². The van der Waals surface area contributed by atoms with Crippen molar-refractivity contribution in [3.8, 4) is 0 Å². The van der Waals surface area contributed by atoms with E-state index in [4.69, 9.17) is 0 Å². The summed E-state index contributed by atoms with van der Waals surface area (Å²) in [6.07, 6.45) is -7.74. The molecule has 0 unspecified atom stereocenters. The van der Waals surface area contributed by atoms with Crippen LogP contribution < -0.4 is 0 Å². The van der Waals surface area contributed by atoms with Crippen LogP contribution in [0.15, 0.2) is 0 Å². The first kappa shape index (κ1) is 25.4. The maximum atomic E-state index is 12.9. The van der Waals surface area contributed by atoms with Gasteiger partial charge in [-0.15, -0.1) is 0 Å². The second-order valence-electron chi connectivity index (χ2n) is 4.49. The molecule has 0 aliphatic heterocycles. The first-order valence-electron chi connectivity index (χ1n) is 5.19. The minimum absolute atomic E-state index is 0.715. The zero-order valence-electron chi connectivity index (χ0n) is 10.9. The molecule has 26 heavy (non-hydrogen) atoms. The second-order valence-corrected chi connectivity index (χ2v) is 5.66. The van der Waals surface area contributed by atoms with E-state index in [1.165, 1.54) is 0 Å². The molecular formula is C8AsF17. The maximum absolute atomic E-state index is 12.9. The van der Waals surface area contributed by atoms with Gasteiger partial charge in [0, 0.05) is 0 Å². The van der Waals surface area contributed by atoms with Crippen molar-refractivity contribution in [2.24, 2.45) is 0 Å². The standard InChI is InChI=1S/C8AsF17/c9-7(22,23)5(18,19)3(14,15)1(10,11)2(12,13)4(16,17)6(20,21)8(24,25)26. The van der Waals surface area contributed by atoms with Crippen molar-refractivity contribution in [2.45, 2.75) is 46.4 Å². The molecule has 0 saturated carbocycles. The van der Waals surface area contributed by atoms with Crippen LogP contribution >= 0.6 is 0 Å².